The molecule has 1 aliphatic heterocycles. The molecule has 29 heavy (non-hydrogen) atoms. The van der Waals surface area contributed by atoms with E-state index in [0.29, 0.717) is 28.9 Å². The van der Waals surface area contributed by atoms with Crippen LogP contribution in [0.25, 0.3) is 0 Å². The lowest BCUT2D eigenvalue weighted by Crippen LogP contribution is -2.24. The molecule has 1 aliphatic rings. The topological polar surface area (TPSA) is 63.7 Å². The van der Waals surface area contributed by atoms with Gasteiger partial charge in [0.25, 0.3) is 5.91 Å². The summed E-state index contributed by atoms with van der Waals surface area (Å²) in [6.07, 6.45) is 2.74. The summed E-state index contributed by atoms with van der Waals surface area (Å²) in [5, 5.41) is 2.85. The summed E-state index contributed by atoms with van der Waals surface area (Å²) in [7, 11) is 3.13. The Kier molecular flexibility index (Phi) is 5.08. The number of ether oxygens (including phenoxy) is 2. The van der Waals surface area contributed by atoms with Gasteiger partial charge in [-0.15, -0.1) is 0 Å². The minimum absolute atomic E-state index is 0.296. The van der Waals surface area contributed by atoms with Crippen molar-refractivity contribution in [3.05, 3.63) is 72.1 Å². The number of hydrogen-bond donors (Lipinski definition) is 1. The second kappa shape index (κ2) is 7.83. The predicted molar refractivity (Wildman–Crippen MR) is 113 cm³/mol. The number of fused-ring (bicyclic) bond motifs is 1. The zero-order chi connectivity index (χ0) is 20.4. The van der Waals surface area contributed by atoms with Gasteiger partial charge in [-0.1, -0.05) is 18.2 Å². The molecule has 148 valence electrons. The molecule has 6 nitrogen and oxygen atoms in total. The van der Waals surface area contributed by atoms with Crippen LogP contribution in [0.15, 0.2) is 60.8 Å². The standard InChI is InChI=1S/C23H23N3O3/c1-15-12-16-6-4-5-7-21(16)26(15)17-8-10-20(24-14-17)23(27)25-19-11-9-18(28-2)13-22(19)29-3/h4-11,13-15H,12H2,1-3H3,(H,25,27). The van der Waals surface area contributed by atoms with Crippen LogP contribution in [0, 0.1) is 0 Å². The summed E-state index contributed by atoms with van der Waals surface area (Å²) >= 11 is 0. The number of hydrogen-bond acceptors (Lipinski definition) is 5. The van der Waals surface area contributed by atoms with E-state index in [1.165, 1.54) is 11.3 Å². The van der Waals surface area contributed by atoms with E-state index in [1.807, 2.05) is 12.1 Å². The first-order valence-corrected chi connectivity index (χ1v) is 9.47. The summed E-state index contributed by atoms with van der Waals surface area (Å²) in [4.78, 5) is 19.3. The Morgan fingerprint density at radius 3 is 2.66 bits per heavy atom. The number of carbonyl (C=O) groups is 1. The lowest BCUT2D eigenvalue weighted by Gasteiger charge is -2.24. The molecule has 0 spiro atoms. The van der Waals surface area contributed by atoms with Crippen LogP contribution in [0.1, 0.15) is 23.0 Å². The Labute approximate surface area is 170 Å². The summed E-state index contributed by atoms with van der Waals surface area (Å²) in [6, 6.07) is 17.6. The molecular weight excluding hydrogens is 366 g/mol. The normalized spacial score (nSPS) is 15.0. The summed E-state index contributed by atoms with van der Waals surface area (Å²) in [5.41, 5.74) is 4.40. The number of nitrogens with zero attached hydrogens (tertiary/aromatic N) is 2. The zero-order valence-electron chi connectivity index (χ0n) is 16.7. The van der Waals surface area contributed by atoms with Crippen molar-refractivity contribution >= 4 is 23.0 Å². The maximum absolute atomic E-state index is 12.7. The minimum Gasteiger partial charge on any atom is -0.497 e. The predicted octanol–water partition coefficient (Wildman–Crippen LogP) is 4.43. The van der Waals surface area contributed by atoms with Crippen LogP contribution in [0.5, 0.6) is 11.5 Å². The van der Waals surface area contributed by atoms with Crippen LogP contribution in [0.4, 0.5) is 17.1 Å². The van der Waals surface area contributed by atoms with Gasteiger partial charge in [0.1, 0.15) is 17.2 Å². The average Bonchev–Trinajstić information content (AvgIpc) is 3.09. The van der Waals surface area contributed by atoms with E-state index in [4.69, 9.17) is 9.47 Å². The molecule has 6 heteroatoms. The monoisotopic (exact) mass is 389 g/mol. The SMILES string of the molecule is COc1ccc(NC(=O)c2ccc(N3c4ccccc4CC3C)cn2)c(OC)c1. The van der Waals surface area contributed by atoms with Crippen LogP contribution in [-0.4, -0.2) is 31.2 Å². The van der Waals surface area contributed by atoms with Crippen molar-refractivity contribution < 1.29 is 14.3 Å². The van der Waals surface area contributed by atoms with E-state index < -0.39 is 0 Å². The Morgan fingerprint density at radius 1 is 1.10 bits per heavy atom. The van der Waals surface area contributed by atoms with Gasteiger partial charge >= 0.3 is 0 Å². The number of pyridine rings is 1. The molecule has 1 N–H and O–H groups in total. The molecule has 2 aromatic carbocycles. The van der Waals surface area contributed by atoms with Gasteiger partial charge in [-0.3, -0.25) is 4.79 Å². The fraction of sp³-hybridized carbons (Fsp3) is 0.217. The van der Waals surface area contributed by atoms with E-state index in [0.717, 1.165) is 12.1 Å². The molecule has 2 heterocycles. The van der Waals surface area contributed by atoms with E-state index in [9.17, 15) is 4.79 Å². The number of aromatic nitrogens is 1. The Bertz CT molecular complexity index is 1030. The largest absolute Gasteiger partial charge is 0.497 e. The van der Waals surface area contributed by atoms with Gasteiger partial charge in [-0.05, 0) is 49.2 Å². The Morgan fingerprint density at radius 2 is 1.93 bits per heavy atom. The molecule has 1 unspecified atom stereocenters. The highest BCUT2D eigenvalue weighted by atomic mass is 16.5. The van der Waals surface area contributed by atoms with Crippen molar-refractivity contribution in [2.24, 2.45) is 0 Å². The van der Waals surface area contributed by atoms with Crippen molar-refractivity contribution in [2.45, 2.75) is 19.4 Å². The zero-order valence-corrected chi connectivity index (χ0v) is 16.7. The first kappa shape index (κ1) is 18.8. The highest BCUT2D eigenvalue weighted by Gasteiger charge is 2.27. The fourth-order valence-corrected chi connectivity index (χ4v) is 3.71. The van der Waals surface area contributed by atoms with Gasteiger partial charge < -0.3 is 19.7 Å². The number of carbonyl (C=O) groups excluding carboxylic acids is 1. The Balaban J connectivity index is 1.53. The lowest BCUT2D eigenvalue weighted by atomic mass is 10.1. The molecule has 0 saturated carbocycles. The highest BCUT2D eigenvalue weighted by Crippen LogP contribution is 2.37. The first-order valence-electron chi connectivity index (χ1n) is 9.47. The summed E-state index contributed by atoms with van der Waals surface area (Å²) in [5.74, 6) is 0.883. The van der Waals surface area contributed by atoms with Gasteiger partial charge in [-0.2, -0.15) is 0 Å². The van der Waals surface area contributed by atoms with Crippen LogP contribution < -0.4 is 19.7 Å². The van der Waals surface area contributed by atoms with Gasteiger partial charge in [-0.25, -0.2) is 4.98 Å². The molecular formula is C23H23N3O3. The molecule has 0 fully saturated rings. The van der Waals surface area contributed by atoms with E-state index >= 15 is 0 Å². The van der Waals surface area contributed by atoms with Crippen molar-refractivity contribution in [1.82, 2.24) is 4.98 Å². The van der Waals surface area contributed by atoms with Gasteiger partial charge in [0.15, 0.2) is 0 Å². The average molecular weight is 389 g/mol. The Hall–Kier alpha value is -3.54. The number of amides is 1. The third-order valence-corrected chi connectivity index (χ3v) is 5.12. The van der Waals surface area contributed by atoms with Gasteiger partial charge in [0, 0.05) is 17.8 Å². The highest BCUT2D eigenvalue weighted by molar-refractivity contribution is 6.03. The van der Waals surface area contributed by atoms with Crippen LogP contribution in [0.3, 0.4) is 0 Å². The quantitative estimate of drug-likeness (QED) is 0.699. The molecule has 0 bridgehead atoms. The van der Waals surface area contributed by atoms with Crippen molar-refractivity contribution in [3.63, 3.8) is 0 Å². The number of rotatable bonds is 5. The second-order valence-corrected chi connectivity index (χ2v) is 6.97. The number of anilines is 3. The van der Waals surface area contributed by atoms with Crippen LogP contribution >= 0.6 is 0 Å². The second-order valence-electron chi connectivity index (χ2n) is 6.97. The third-order valence-electron chi connectivity index (χ3n) is 5.12. The summed E-state index contributed by atoms with van der Waals surface area (Å²) < 4.78 is 10.5. The summed E-state index contributed by atoms with van der Waals surface area (Å²) in [6.45, 7) is 2.19. The van der Waals surface area contributed by atoms with E-state index in [-0.39, 0.29) is 5.91 Å². The number of nitrogens with one attached hydrogen (secondary N) is 1. The number of methoxy groups -OCH3 is 2. The lowest BCUT2D eigenvalue weighted by molar-refractivity contribution is 0.102. The molecule has 0 radical (unpaired) electrons. The molecule has 1 aromatic heterocycles. The fourth-order valence-electron chi connectivity index (χ4n) is 3.71. The first-order chi connectivity index (χ1) is 14.1. The number of para-hydroxylation sites is 1. The van der Waals surface area contributed by atoms with Crippen LogP contribution in [-0.2, 0) is 6.42 Å². The maximum Gasteiger partial charge on any atom is 0.274 e. The molecule has 0 saturated heterocycles. The smallest absolute Gasteiger partial charge is 0.274 e. The van der Waals surface area contributed by atoms with Crippen molar-refractivity contribution in [2.75, 3.05) is 24.4 Å². The van der Waals surface area contributed by atoms with Crippen LogP contribution in [0.2, 0.25) is 0 Å². The van der Waals surface area contributed by atoms with Gasteiger partial charge in [0.2, 0.25) is 0 Å². The van der Waals surface area contributed by atoms with E-state index in [2.05, 4.69) is 40.3 Å². The molecule has 1 atom stereocenters. The molecule has 3 aromatic rings. The van der Waals surface area contributed by atoms with Crippen molar-refractivity contribution in [3.8, 4) is 11.5 Å². The minimum atomic E-state index is -0.296. The van der Waals surface area contributed by atoms with Gasteiger partial charge in [0.05, 0.1) is 31.8 Å². The molecule has 1 amide bonds. The third kappa shape index (κ3) is 3.61. The van der Waals surface area contributed by atoms with Crippen molar-refractivity contribution in [1.29, 1.82) is 0 Å². The van der Waals surface area contributed by atoms with E-state index in [1.54, 1.807) is 44.7 Å². The molecule has 0 aliphatic carbocycles. The maximum atomic E-state index is 12.7. The number of benzene rings is 2. The molecule has 4 rings (SSSR count).